The van der Waals surface area contributed by atoms with E-state index in [1.807, 2.05) is 42.3 Å². The van der Waals surface area contributed by atoms with Gasteiger partial charge in [-0.3, -0.25) is 9.59 Å². The first-order chi connectivity index (χ1) is 17.9. The third kappa shape index (κ3) is 5.24. The van der Waals surface area contributed by atoms with E-state index >= 15 is 0 Å². The summed E-state index contributed by atoms with van der Waals surface area (Å²) in [6.07, 6.45) is 4.52. The van der Waals surface area contributed by atoms with Crippen molar-refractivity contribution in [1.82, 2.24) is 9.80 Å². The molecule has 37 heavy (non-hydrogen) atoms. The number of aryl methyl sites for hydroxylation is 2. The summed E-state index contributed by atoms with van der Waals surface area (Å²) < 4.78 is 5.47. The highest BCUT2D eigenvalue weighted by atomic mass is 32.2. The number of amides is 2. The molecule has 2 heterocycles. The Bertz CT molecular complexity index is 1200. The Morgan fingerprint density at radius 2 is 1.81 bits per heavy atom. The highest BCUT2D eigenvalue weighted by molar-refractivity contribution is 8.04. The maximum atomic E-state index is 13.5. The van der Waals surface area contributed by atoms with Crippen molar-refractivity contribution in [3.05, 3.63) is 64.1 Å². The second kappa shape index (κ2) is 10.8. The lowest BCUT2D eigenvalue weighted by molar-refractivity contribution is -0.139. The van der Waals surface area contributed by atoms with Gasteiger partial charge in [-0.1, -0.05) is 30.3 Å². The first-order valence-electron chi connectivity index (χ1n) is 13.2. The molecule has 1 aliphatic carbocycles. The van der Waals surface area contributed by atoms with Crippen molar-refractivity contribution >= 4 is 35.3 Å². The van der Waals surface area contributed by atoms with Gasteiger partial charge in [0, 0.05) is 61.7 Å². The van der Waals surface area contributed by atoms with Crippen LogP contribution in [0.1, 0.15) is 36.0 Å². The molecule has 0 spiro atoms. The molecule has 0 N–H and O–H groups in total. The van der Waals surface area contributed by atoms with Crippen LogP contribution in [0.5, 0.6) is 5.75 Å². The molecule has 2 aromatic rings. The first-order valence-corrected chi connectivity index (χ1v) is 14.1. The number of likely N-dealkylation sites (N-methyl/N-ethyl adjacent to an activating group) is 1. The Balaban J connectivity index is 1.22. The average molecular weight is 520 g/mol. The third-order valence-electron chi connectivity index (χ3n) is 8.13. The predicted octanol–water partition coefficient (Wildman–Crippen LogP) is 4.74. The number of hydrogen-bond donors (Lipinski definition) is 0. The Labute approximate surface area is 224 Å². The molecule has 1 saturated carbocycles. The molecule has 2 aliphatic heterocycles. The fourth-order valence-corrected chi connectivity index (χ4v) is 7.41. The van der Waals surface area contributed by atoms with Gasteiger partial charge in [-0.2, -0.15) is 0 Å². The lowest BCUT2D eigenvalue weighted by atomic mass is 9.83. The number of piperazine rings is 1. The monoisotopic (exact) mass is 519 g/mol. The summed E-state index contributed by atoms with van der Waals surface area (Å²) in [6.45, 7) is 7.52. The van der Waals surface area contributed by atoms with Gasteiger partial charge in [-0.15, -0.1) is 11.8 Å². The number of anilines is 1. The average Bonchev–Trinajstić information content (AvgIpc) is 2.92. The van der Waals surface area contributed by atoms with E-state index in [-0.39, 0.29) is 23.8 Å². The number of benzene rings is 2. The zero-order valence-electron chi connectivity index (χ0n) is 22.3. The van der Waals surface area contributed by atoms with Gasteiger partial charge < -0.3 is 19.4 Å². The van der Waals surface area contributed by atoms with E-state index in [0.717, 1.165) is 61.7 Å². The van der Waals surface area contributed by atoms with Gasteiger partial charge >= 0.3 is 0 Å². The van der Waals surface area contributed by atoms with Crippen LogP contribution in [0.4, 0.5) is 5.69 Å². The summed E-state index contributed by atoms with van der Waals surface area (Å²) in [7, 11) is 3.54. The Morgan fingerprint density at radius 1 is 1.05 bits per heavy atom. The molecule has 6 nitrogen and oxygen atoms in total. The molecule has 196 valence electrons. The Morgan fingerprint density at radius 3 is 2.57 bits per heavy atom. The van der Waals surface area contributed by atoms with E-state index in [1.165, 1.54) is 16.8 Å². The molecule has 2 aromatic carbocycles. The summed E-state index contributed by atoms with van der Waals surface area (Å²) in [4.78, 5) is 33.9. The van der Waals surface area contributed by atoms with E-state index in [0.29, 0.717) is 5.25 Å². The van der Waals surface area contributed by atoms with E-state index in [9.17, 15) is 9.59 Å². The standard InChI is InChI=1S/C30H37N3O3S/c1-20-9-10-21(2)24(17-20)32-13-15-33(16-14-32)29(34)23-11-12-27-25(18-23)31(3)30(35)28(37-27)19-22-7-5-6-8-26(22)36-4/h5-10,17,19,23,25,27H,11-16,18H2,1-4H3/b28-19-. The molecule has 2 amide bonds. The summed E-state index contributed by atoms with van der Waals surface area (Å²) in [5, 5.41) is 0.314. The largest absolute Gasteiger partial charge is 0.496 e. The van der Waals surface area contributed by atoms with Crippen LogP contribution in [0.25, 0.3) is 6.08 Å². The minimum Gasteiger partial charge on any atom is -0.496 e. The highest BCUT2D eigenvalue weighted by Crippen LogP contribution is 2.44. The fourth-order valence-electron chi connectivity index (χ4n) is 5.93. The van der Waals surface area contributed by atoms with Crippen molar-refractivity contribution in [2.75, 3.05) is 45.2 Å². The zero-order valence-corrected chi connectivity index (χ0v) is 23.1. The minimum atomic E-state index is -0.0101. The SMILES string of the molecule is COc1ccccc1/C=C1\SC2CCC(C(=O)N3CCN(c4cc(C)ccc4C)CC3)CC2N(C)C1=O. The number of carbonyl (C=O) groups is 2. The second-order valence-electron chi connectivity index (χ2n) is 10.5. The van der Waals surface area contributed by atoms with E-state index in [2.05, 4.69) is 41.8 Å². The number of carbonyl (C=O) groups excluding carboxylic acids is 2. The number of rotatable bonds is 4. The predicted molar refractivity (Wildman–Crippen MR) is 151 cm³/mol. The molecule has 3 aliphatic rings. The minimum absolute atomic E-state index is 0.0101. The molecule has 7 heteroatoms. The summed E-state index contributed by atoms with van der Waals surface area (Å²) in [5.41, 5.74) is 4.74. The molecule has 2 saturated heterocycles. The number of nitrogens with zero attached hydrogens (tertiary/aromatic N) is 3. The number of thioether (sulfide) groups is 1. The van der Waals surface area contributed by atoms with Crippen LogP contribution in [0, 0.1) is 19.8 Å². The lowest BCUT2D eigenvalue weighted by Gasteiger charge is -2.45. The second-order valence-corrected chi connectivity index (χ2v) is 11.8. The van der Waals surface area contributed by atoms with E-state index in [1.54, 1.807) is 18.9 Å². The fraction of sp³-hybridized carbons (Fsp3) is 0.467. The van der Waals surface area contributed by atoms with Gasteiger partial charge in [0.25, 0.3) is 5.91 Å². The normalized spacial score (nSPS) is 25.3. The molecule has 3 fully saturated rings. The van der Waals surface area contributed by atoms with Gasteiger partial charge in [0.2, 0.25) is 5.91 Å². The topological polar surface area (TPSA) is 53.1 Å². The zero-order chi connectivity index (χ0) is 26.1. The molecule has 3 atom stereocenters. The van der Waals surface area contributed by atoms with Crippen LogP contribution in [0.2, 0.25) is 0 Å². The number of methoxy groups -OCH3 is 1. The van der Waals surface area contributed by atoms with Crippen LogP contribution >= 0.6 is 11.8 Å². The number of ether oxygens (including phenoxy) is 1. The summed E-state index contributed by atoms with van der Waals surface area (Å²) >= 11 is 1.67. The molecular weight excluding hydrogens is 482 g/mol. The maximum absolute atomic E-state index is 13.5. The number of para-hydroxylation sites is 1. The summed E-state index contributed by atoms with van der Waals surface area (Å²) in [6, 6.07) is 14.4. The molecule has 0 aromatic heterocycles. The van der Waals surface area contributed by atoms with Crippen LogP contribution in [0.3, 0.4) is 0 Å². The van der Waals surface area contributed by atoms with Gasteiger partial charge in [0.15, 0.2) is 0 Å². The van der Waals surface area contributed by atoms with Crippen LogP contribution in [-0.2, 0) is 9.59 Å². The maximum Gasteiger partial charge on any atom is 0.260 e. The molecular formula is C30H37N3O3S. The van der Waals surface area contributed by atoms with Gasteiger partial charge in [-0.25, -0.2) is 0 Å². The number of hydrogen-bond acceptors (Lipinski definition) is 5. The summed E-state index contributed by atoms with van der Waals surface area (Å²) in [5.74, 6) is 1.05. The molecule has 0 bridgehead atoms. The van der Waals surface area contributed by atoms with Crippen LogP contribution in [0.15, 0.2) is 47.4 Å². The van der Waals surface area contributed by atoms with Gasteiger partial charge in [0.05, 0.1) is 12.0 Å². The van der Waals surface area contributed by atoms with Crippen molar-refractivity contribution in [3.63, 3.8) is 0 Å². The third-order valence-corrected chi connectivity index (χ3v) is 9.53. The lowest BCUT2D eigenvalue weighted by Crippen LogP contribution is -2.55. The van der Waals surface area contributed by atoms with Gasteiger partial charge in [-0.05, 0) is 62.4 Å². The van der Waals surface area contributed by atoms with Crippen molar-refractivity contribution in [1.29, 1.82) is 0 Å². The quantitative estimate of drug-likeness (QED) is 0.546. The van der Waals surface area contributed by atoms with E-state index < -0.39 is 0 Å². The van der Waals surface area contributed by atoms with Crippen LogP contribution in [-0.4, -0.2) is 73.2 Å². The van der Waals surface area contributed by atoms with Gasteiger partial charge in [0.1, 0.15) is 5.75 Å². The highest BCUT2D eigenvalue weighted by Gasteiger charge is 2.43. The Kier molecular flexibility index (Phi) is 7.52. The first kappa shape index (κ1) is 25.7. The molecule has 0 radical (unpaired) electrons. The Hall–Kier alpha value is -2.93. The van der Waals surface area contributed by atoms with Crippen molar-refractivity contribution in [2.24, 2.45) is 5.92 Å². The number of fused-ring (bicyclic) bond motifs is 1. The van der Waals surface area contributed by atoms with E-state index in [4.69, 9.17) is 4.74 Å². The van der Waals surface area contributed by atoms with Crippen LogP contribution < -0.4 is 9.64 Å². The smallest absolute Gasteiger partial charge is 0.260 e. The van der Waals surface area contributed by atoms with Crippen molar-refractivity contribution in [2.45, 2.75) is 44.4 Å². The molecule has 3 unspecified atom stereocenters. The molecule has 5 rings (SSSR count). The van der Waals surface area contributed by atoms with Crippen molar-refractivity contribution < 1.29 is 14.3 Å². The van der Waals surface area contributed by atoms with Crippen molar-refractivity contribution in [3.8, 4) is 5.75 Å².